The molecule has 1 heterocycles. The number of benzene rings is 1. The molecule has 7 heteroatoms. The summed E-state index contributed by atoms with van der Waals surface area (Å²) in [5.41, 5.74) is 1.17. The Kier molecular flexibility index (Phi) is 5.57. The predicted molar refractivity (Wildman–Crippen MR) is 86.0 cm³/mol. The highest BCUT2D eigenvalue weighted by Crippen LogP contribution is 2.17. The molecule has 0 saturated heterocycles. The number of hydrogen-bond acceptors (Lipinski definition) is 5. The number of nitrogens with zero attached hydrogens (tertiary/aromatic N) is 2. The fraction of sp³-hybridized carbons (Fsp3) is 0.353. The predicted octanol–water partition coefficient (Wildman–Crippen LogP) is 2.53. The zero-order chi connectivity index (χ0) is 17.7. The Morgan fingerprint density at radius 1 is 1.29 bits per heavy atom. The highest BCUT2D eigenvalue weighted by Gasteiger charge is 2.18. The Labute approximate surface area is 139 Å². The summed E-state index contributed by atoms with van der Waals surface area (Å²) in [7, 11) is 1.68. The van der Waals surface area contributed by atoms with Gasteiger partial charge in [-0.1, -0.05) is 31.1 Å². The van der Waals surface area contributed by atoms with E-state index < -0.39 is 5.97 Å². The van der Waals surface area contributed by atoms with Gasteiger partial charge in [-0.2, -0.15) is 0 Å². The maximum atomic E-state index is 12.3. The van der Waals surface area contributed by atoms with E-state index in [0.29, 0.717) is 18.1 Å². The lowest BCUT2D eigenvalue weighted by Crippen LogP contribution is -2.26. The first kappa shape index (κ1) is 17.5. The zero-order valence-corrected chi connectivity index (χ0v) is 13.9. The molecule has 0 atom stereocenters. The van der Waals surface area contributed by atoms with Crippen molar-refractivity contribution in [1.82, 2.24) is 10.1 Å². The van der Waals surface area contributed by atoms with E-state index in [4.69, 9.17) is 14.4 Å². The van der Waals surface area contributed by atoms with Crippen molar-refractivity contribution < 1.29 is 24.0 Å². The number of ether oxygens (including phenoxy) is 1. The molecule has 0 bridgehead atoms. The Morgan fingerprint density at radius 2 is 1.96 bits per heavy atom. The number of carbonyl (C=O) groups excluding carboxylic acids is 1. The second-order valence-corrected chi connectivity index (χ2v) is 5.76. The Bertz CT molecular complexity index is 706. The number of hydrogen-bond donors (Lipinski definition) is 1. The Morgan fingerprint density at radius 3 is 2.50 bits per heavy atom. The monoisotopic (exact) mass is 332 g/mol. The molecule has 7 nitrogen and oxygen atoms in total. The fourth-order valence-corrected chi connectivity index (χ4v) is 2.04. The van der Waals surface area contributed by atoms with Crippen LogP contribution in [0.4, 0.5) is 0 Å². The second kappa shape index (κ2) is 7.63. The van der Waals surface area contributed by atoms with Crippen LogP contribution < -0.4 is 4.74 Å². The van der Waals surface area contributed by atoms with Crippen molar-refractivity contribution in [2.45, 2.75) is 26.3 Å². The molecule has 24 heavy (non-hydrogen) atoms. The van der Waals surface area contributed by atoms with Gasteiger partial charge in [-0.05, 0) is 17.7 Å². The van der Waals surface area contributed by atoms with E-state index in [1.54, 1.807) is 37.4 Å². The van der Waals surface area contributed by atoms with Gasteiger partial charge in [0.05, 0.1) is 0 Å². The van der Waals surface area contributed by atoms with Gasteiger partial charge >= 0.3 is 5.97 Å². The molecule has 0 fully saturated rings. The lowest BCUT2D eigenvalue weighted by atomic mass is 10.1. The second-order valence-electron chi connectivity index (χ2n) is 5.76. The largest absolute Gasteiger partial charge is 0.482 e. The van der Waals surface area contributed by atoms with Crippen LogP contribution in [-0.2, 0) is 11.3 Å². The molecule has 2 rings (SSSR count). The van der Waals surface area contributed by atoms with Gasteiger partial charge in [-0.25, -0.2) is 4.79 Å². The topological polar surface area (TPSA) is 92.9 Å². The maximum absolute atomic E-state index is 12.3. The van der Waals surface area contributed by atoms with E-state index in [2.05, 4.69) is 5.16 Å². The van der Waals surface area contributed by atoms with Gasteiger partial charge in [0, 0.05) is 25.6 Å². The minimum atomic E-state index is -1.03. The van der Waals surface area contributed by atoms with Crippen molar-refractivity contribution in [3.8, 4) is 5.75 Å². The number of carboxylic acids is 1. The van der Waals surface area contributed by atoms with Crippen molar-refractivity contribution in [3.63, 3.8) is 0 Å². The molecule has 0 radical (unpaired) electrons. The van der Waals surface area contributed by atoms with Crippen LogP contribution in [0.1, 0.15) is 41.6 Å². The summed E-state index contributed by atoms with van der Waals surface area (Å²) in [6.07, 6.45) is 0. The highest BCUT2D eigenvalue weighted by molar-refractivity contribution is 5.92. The van der Waals surface area contributed by atoms with Crippen molar-refractivity contribution in [2.75, 3.05) is 13.7 Å². The van der Waals surface area contributed by atoms with Crippen molar-refractivity contribution in [1.29, 1.82) is 0 Å². The Hall–Kier alpha value is -2.83. The SMILES string of the molecule is CC(C)c1cc(C(=O)N(C)Cc2ccc(OCC(=O)O)cc2)no1. The van der Waals surface area contributed by atoms with Gasteiger partial charge in [-0.3, -0.25) is 4.79 Å². The molecule has 0 saturated carbocycles. The van der Waals surface area contributed by atoms with Gasteiger partial charge in [0.25, 0.3) is 5.91 Å². The molecule has 2 aromatic rings. The van der Waals surface area contributed by atoms with Crippen molar-refractivity contribution in [2.24, 2.45) is 0 Å². The zero-order valence-electron chi connectivity index (χ0n) is 13.9. The van der Waals surface area contributed by atoms with Crippen LogP contribution in [0.15, 0.2) is 34.9 Å². The van der Waals surface area contributed by atoms with Gasteiger partial charge < -0.3 is 19.3 Å². The minimum absolute atomic E-state index is 0.169. The molecule has 0 aliphatic heterocycles. The van der Waals surface area contributed by atoms with E-state index in [1.165, 1.54) is 4.90 Å². The summed E-state index contributed by atoms with van der Waals surface area (Å²) in [4.78, 5) is 24.3. The number of carboxylic acid groups (broad SMARTS) is 1. The normalized spacial score (nSPS) is 10.7. The van der Waals surface area contributed by atoms with Crippen molar-refractivity contribution in [3.05, 3.63) is 47.3 Å². The first-order chi connectivity index (χ1) is 11.4. The number of amides is 1. The van der Waals surface area contributed by atoms with E-state index in [0.717, 1.165) is 5.56 Å². The van der Waals surface area contributed by atoms with Crippen LogP contribution in [0, 0.1) is 0 Å². The molecular weight excluding hydrogens is 312 g/mol. The third-order valence-electron chi connectivity index (χ3n) is 3.37. The van der Waals surface area contributed by atoms with Crippen LogP contribution in [0.5, 0.6) is 5.75 Å². The molecule has 1 N–H and O–H groups in total. The van der Waals surface area contributed by atoms with E-state index in [1.807, 2.05) is 13.8 Å². The molecule has 128 valence electrons. The van der Waals surface area contributed by atoms with E-state index >= 15 is 0 Å². The standard InChI is InChI=1S/C17H20N2O5/c1-11(2)15-8-14(18-24-15)17(22)19(3)9-12-4-6-13(7-5-12)23-10-16(20)21/h4-8,11H,9-10H2,1-3H3,(H,20,21). The molecule has 0 aliphatic rings. The third-order valence-corrected chi connectivity index (χ3v) is 3.37. The summed E-state index contributed by atoms with van der Waals surface area (Å²) in [5.74, 6) is 0.0530. The smallest absolute Gasteiger partial charge is 0.341 e. The molecular formula is C17H20N2O5. The molecule has 1 amide bonds. The number of aromatic nitrogens is 1. The molecule has 0 aliphatic carbocycles. The molecule has 0 unspecified atom stereocenters. The Balaban J connectivity index is 1.96. The molecule has 1 aromatic heterocycles. The number of rotatable bonds is 7. The van der Waals surface area contributed by atoms with Crippen LogP contribution in [0.3, 0.4) is 0 Å². The summed E-state index contributed by atoms with van der Waals surface area (Å²) in [6.45, 7) is 3.93. The van der Waals surface area contributed by atoms with Crippen LogP contribution in [0.2, 0.25) is 0 Å². The lowest BCUT2D eigenvalue weighted by molar-refractivity contribution is -0.139. The van der Waals surface area contributed by atoms with E-state index in [9.17, 15) is 9.59 Å². The van der Waals surface area contributed by atoms with E-state index in [-0.39, 0.29) is 24.1 Å². The number of carbonyl (C=O) groups is 2. The first-order valence-electron chi connectivity index (χ1n) is 7.52. The van der Waals surface area contributed by atoms with Gasteiger partial charge in [-0.15, -0.1) is 0 Å². The van der Waals surface area contributed by atoms with Crippen molar-refractivity contribution >= 4 is 11.9 Å². The summed E-state index contributed by atoms with van der Waals surface area (Å²) in [5, 5.41) is 12.4. The van der Waals surface area contributed by atoms with Gasteiger partial charge in [0.15, 0.2) is 12.3 Å². The van der Waals surface area contributed by atoms with Crippen LogP contribution in [-0.4, -0.2) is 40.7 Å². The van der Waals surface area contributed by atoms with Gasteiger partial charge in [0.2, 0.25) is 0 Å². The quantitative estimate of drug-likeness (QED) is 0.837. The first-order valence-corrected chi connectivity index (χ1v) is 7.52. The fourth-order valence-electron chi connectivity index (χ4n) is 2.04. The third kappa shape index (κ3) is 4.58. The molecule has 1 aromatic carbocycles. The van der Waals surface area contributed by atoms with Gasteiger partial charge in [0.1, 0.15) is 11.5 Å². The lowest BCUT2D eigenvalue weighted by Gasteiger charge is -2.16. The average Bonchev–Trinajstić information content (AvgIpc) is 3.03. The minimum Gasteiger partial charge on any atom is -0.482 e. The maximum Gasteiger partial charge on any atom is 0.341 e. The van der Waals surface area contributed by atoms with Crippen LogP contribution >= 0.6 is 0 Å². The molecule has 0 spiro atoms. The summed E-state index contributed by atoms with van der Waals surface area (Å²) >= 11 is 0. The van der Waals surface area contributed by atoms with Crippen LogP contribution in [0.25, 0.3) is 0 Å². The number of aliphatic carboxylic acids is 1. The average molecular weight is 332 g/mol. The summed E-state index contributed by atoms with van der Waals surface area (Å²) in [6, 6.07) is 8.56. The summed E-state index contributed by atoms with van der Waals surface area (Å²) < 4.78 is 10.2. The highest BCUT2D eigenvalue weighted by atomic mass is 16.5.